The standard InChI is InChI=1S/C14H19Cl2N3O.ClH/c1-17-7-10-4-5-19(8-10)9-14(20)18-13-6-11(15)2-3-12(13)16;/h2-3,6,10,17H,4-5,7-9H2,1H3,(H,18,20);1H. The molecule has 1 heterocycles. The molecule has 0 bridgehead atoms. The Balaban J connectivity index is 0.00000220. The SMILES string of the molecule is CNCC1CCN(CC(=O)Nc2cc(Cl)ccc2Cl)C1.Cl. The van der Waals surface area contributed by atoms with Crippen molar-refractivity contribution in [3.8, 4) is 0 Å². The molecule has 1 aromatic carbocycles. The van der Waals surface area contributed by atoms with Crippen molar-refractivity contribution in [2.24, 2.45) is 5.92 Å². The molecule has 1 aromatic rings. The minimum Gasteiger partial charge on any atom is -0.324 e. The normalized spacial score (nSPS) is 18.3. The summed E-state index contributed by atoms with van der Waals surface area (Å²) in [4.78, 5) is 14.2. The smallest absolute Gasteiger partial charge is 0.238 e. The third kappa shape index (κ3) is 5.64. The molecule has 0 spiro atoms. The molecule has 1 unspecified atom stereocenters. The highest BCUT2D eigenvalue weighted by Gasteiger charge is 2.23. The molecule has 1 aliphatic heterocycles. The predicted octanol–water partition coefficient (Wildman–Crippen LogP) is 2.90. The summed E-state index contributed by atoms with van der Waals surface area (Å²) in [6.07, 6.45) is 1.13. The number of halogens is 3. The van der Waals surface area contributed by atoms with E-state index in [0.29, 0.717) is 28.2 Å². The van der Waals surface area contributed by atoms with Gasteiger partial charge in [0.25, 0.3) is 0 Å². The maximum Gasteiger partial charge on any atom is 0.238 e. The Morgan fingerprint density at radius 1 is 1.43 bits per heavy atom. The van der Waals surface area contributed by atoms with Gasteiger partial charge in [0, 0.05) is 11.6 Å². The topological polar surface area (TPSA) is 44.4 Å². The highest BCUT2D eigenvalue weighted by atomic mass is 35.5. The van der Waals surface area contributed by atoms with Crippen molar-refractivity contribution < 1.29 is 4.79 Å². The van der Waals surface area contributed by atoms with E-state index in [1.54, 1.807) is 18.2 Å². The first-order valence-electron chi connectivity index (χ1n) is 6.70. The molecular weight excluding hydrogens is 333 g/mol. The largest absolute Gasteiger partial charge is 0.324 e. The average Bonchev–Trinajstić information content (AvgIpc) is 2.81. The molecule has 1 fully saturated rings. The maximum absolute atomic E-state index is 12.0. The molecule has 4 nitrogen and oxygen atoms in total. The van der Waals surface area contributed by atoms with Crippen molar-refractivity contribution in [1.82, 2.24) is 10.2 Å². The molecule has 21 heavy (non-hydrogen) atoms. The number of hydrogen-bond acceptors (Lipinski definition) is 3. The molecule has 0 saturated carbocycles. The minimum atomic E-state index is -0.0562. The van der Waals surface area contributed by atoms with Crippen molar-refractivity contribution in [2.45, 2.75) is 6.42 Å². The van der Waals surface area contributed by atoms with Gasteiger partial charge >= 0.3 is 0 Å². The maximum atomic E-state index is 12.0. The Morgan fingerprint density at radius 3 is 2.90 bits per heavy atom. The number of likely N-dealkylation sites (tertiary alicyclic amines) is 1. The van der Waals surface area contributed by atoms with Gasteiger partial charge in [-0.25, -0.2) is 0 Å². The third-order valence-electron chi connectivity index (χ3n) is 3.43. The molecule has 2 N–H and O–H groups in total. The molecule has 1 amide bonds. The molecular formula is C14H20Cl3N3O. The van der Waals surface area contributed by atoms with Gasteiger partial charge in [-0.2, -0.15) is 0 Å². The van der Waals surface area contributed by atoms with Crippen LogP contribution >= 0.6 is 35.6 Å². The zero-order valence-corrected chi connectivity index (χ0v) is 14.2. The summed E-state index contributed by atoms with van der Waals surface area (Å²) in [7, 11) is 1.95. The van der Waals surface area contributed by atoms with Gasteiger partial charge in [-0.3, -0.25) is 9.69 Å². The second-order valence-electron chi connectivity index (χ2n) is 5.12. The average molecular weight is 353 g/mol. The lowest BCUT2D eigenvalue weighted by Gasteiger charge is -2.16. The van der Waals surface area contributed by atoms with E-state index >= 15 is 0 Å². The summed E-state index contributed by atoms with van der Waals surface area (Å²) in [6, 6.07) is 5.04. The summed E-state index contributed by atoms with van der Waals surface area (Å²) in [5.74, 6) is 0.571. The molecule has 1 saturated heterocycles. The lowest BCUT2D eigenvalue weighted by molar-refractivity contribution is -0.117. The van der Waals surface area contributed by atoms with Crippen LogP contribution in [0, 0.1) is 5.92 Å². The van der Waals surface area contributed by atoms with Crippen LogP contribution in [-0.2, 0) is 4.79 Å². The van der Waals surface area contributed by atoms with Gasteiger partial charge in [0.05, 0.1) is 17.3 Å². The van der Waals surface area contributed by atoms with Crippen LogP contribution in [0.2, 0.25) is 10.0 Å². The van der Waals surface area contributed by atoms with Crippen molar-refractivity contribution >= 4 is 47.2 Å². The molecule has 1 atom stereocenters. The third-order valence-corrected chi connectivity index (χ3v) is 4.00. The summed E-state index contributed by atoms with van der Waals surface area (Å²) < 4.78 is 0. The van der Waals surface area contributed by atoms with Gasteiger partial charge in [-0.05, 0) is 50.7 Å². The first-order valence-corrected chi connectivity index (χ1v) is 7.46. The number of hydrogen-bond donors (Lipinski definition) is 2. The Labute approximate surface area is 141 Å². The number of benzene rings is 1. The monoisotopic (exact) mass is 351 g/mol. The first-order chi connectivity index (χ1) is 9.58. The number of anilines is 1. The van der Waals surface area contributed by atoms with Gasteiger partial charge < -0.3 is 10.6 Å². The second kappa shape index (κ2) is 8.81. The summed E-state index contributed by atoms with van der Waals surface area (Å²) in [6.45, 7) is 3.31. The lowest BCUT2D eigenvalue weighted by Crippen LogP contribution is -2.32. The summed E-state index contributed by atoms with van der Waals surface area (Å²) >= 11 is 11.9. The zero-order valence-electron chi connectivity index (χ0n) is 11.9. The van der Waals surface area contributed by atoms with E-state index in [2.05, 4.69) is 15.5 Å². The zero-order chi connectivity index (χ0) is 14.5. The fraction of sp³-hybridized carbons (Fsp3) is 0.500. The number of carbonyl (C=O) groups excluding carboxylic acids is 1. The highest BCUT2D eigenvalue weighted by molar-refractivity contribution is 6.35. The van der Waals surface area contributed by atoms with E-state index in [4.69, 9.17) is 23.2 Å². The van der Waals surface area contributed by atoms with Crippen LogP contribution in [0.1, 0.15) is 6.42 Å². The van der Waals surface area contributed by atoms with Gasteiger partial charge in [0.2, 0.25) is 5.91 Å². The molecule has 118 valence electrons. The molecule has 1 aliphatic rings. The Bertz CT molecular complexity index is 485. The van der Waals surface area contributed by atoms with Gasteiger partial charge in [0.1, 0.15) is 0 Å². The van der Waals surface area contributed by atoms with E-state index in [9.17, 15) is 4.79 Å². The van der Waals surface area contributed by atoms with E-state index in [-0.39, 0.29) is 18.3 Å². The number of nitrogens with one attached hydrogen (secondary N) is 2. The van der Waals surface area contributed by atoms with E-state index in [0.717, 1.165) is 26.1 Å². The van der Waals surface area contributed by atoms with Crippen LogP contribution < -0.4 is 10.6 Å². The van der Waals surface area contributed by atoms with Crippen LogP contribution in [0.15, 0.2) is 18.2 Å². The number of carbonyl (C=O) groups is 1. The van der Waals surface area contributed by atoms with Crippen LogP contribution in [0.4, 0.5) is 5.69 Å². The first kappa shape index (κ1) is 18.5. The van der Waals surface area contributed by atoms with E-state index in [1.165, 1.54) is 0 Å². The molecule has 7 heteroatoms. The van der Waals surface area contributed by atoms with Crippen molar-refractivity contribution in [3.63, 3.8) is 0 Å². The van der Waals surface area contributed by atoms with Crippen molar-refractivity contribution in [3.05, 3.63) is 28.2 Å². The van der Waals surface area contributed by atoms with Gasteiger partial charge in [-0.15, -0.1) is 12.4 Å². The van der Waals surface area contributed by atoms with Crippen molar-refractivity contribution in [2.75, 3.05) is 38.5 Å². The molecule has 2 rings (SSSR count). The molecule has 0 aromatic heterocycles. The Kier molecular flexibility index (Phi) is 7.77. The summed E-state index contributed by atoms with van der Waals surface area (Å²) in [5.41, 5.74) is 0.565. The van der Waals surface area contributed by atoms with Gasteiger partial charge in [0.15, 0.2) is 0 Å². The highest BCUT2D eigenvalue weighted by Crippen LogP contribution is 2.25. The van der Waals surface area contributed by atoms with Crippen LogP contribution in [0.3, 0.4) is 0 Å². The lowest BCUT2D eigenvalue weighted by atomic mass is 10.1. The fourth-order valence-electron chi connectivity index (χ4n) is 2.50. The van der Waals surface area contributed by atoms with Crippen LogP contribution in [0.5, 0.6) is 0 Å². The molecule has 0 aliphatic carbocycles. The summed E-state index contributed by atoms with van der Waals surface area (Å²) in [5, 5.41) is 7.04. The number of rotatable bonds is 5. The Hall–Kier alpha value is -0.520. The Morgan fingerprint density at radius 2 is 2.19 bits per heavy atom. The number of nitrogens with zero attached hydrogens (tertiary/aromatic N) is 1. The number of amides is 1. The van der Waals surface area contributed by atoms with Crippen molar-refractivity contribution in [1.29, 1.82) is 0 Å². The van der Waals surface area contributed by atoms with E-state index < -0.39 is 0 Å². The molecule has 0 radical (unpaired) electrons. The predicted molar refractivity (Wildman–Crippen MR) is 90.8 cm³/mol. The minimum absolute atomic E-state index is 0. The second-order valence-corrected chi connectivity index (χ2v) is 5.96. The fourth-order valence-corrected chi connectivity index (χ4v) is 2.83. The van der Waals surface area contributed by atoms with Crippen LogP contribution in [-0.4, -0.2) is 44.0 Å². The van der Waals surface area contributed by atoms with Gasteiger partial charge in [-0.1, -0.05) is 23.2 Å². The van der Waals surface area contributed by atoms with E-state index in [1.807, 2.05) is 7.05 Å². The quantitative estimate of drug-likeness (QED) is 0.856. The van der Waals surface area contributed by atoms with Crippen LogP contribution in [0.25, 0.3) is 0 Å².